The molecule has 2 rings (SSSR count). The van der Waals surface area contributed by atoms with Gasteiger partial charge in [0.2, 0.25) is 11.8 Å². The van der Waals surface area contributed by atoms with Gasteiger partial charge in [0.1, 0.15) is 12.1 Å². The zero-order valence-corrected chi connectivity index (χ0v) is 12.1. The van der Waals surface area contributed by atoms with Gasteiger partial charge in [0.15, 0.2) is 0 Å². The van der Waals surface area contributed by atoms with E-state index in [-0.39, 0.29) is 29.9 Å². The molecule has 0 radical (unpaired) electrons. The number of nitrogens with zero attached hydrogens (tertiary/aromatic N) is 2. The third kappa shape index (κ3) is 2.48. The number of ether oxygens (including phenoxy) is 1. The Morgan fingerprint density at radius 2 is 2.05 bits per heavy atom. The third-order valence-corrected chi connectivity index (χ3v) is 4.32. The molecule has 2 heterocycles. The molecule has 2 aliphatic heterocycles. The molecule has 0 aromatic carbocycles. The first-order valence-electron chi connectivity index (χ1n) is 7.23. The number of piperidine rings is 1. The summed E-state index contributed by atoms with van der Waals surface area (Å²) in [6.45, 7) is 5.09. The van der Waals surface area contributed by atoms with Crippen molar-refractivity contribution in [2.24, 2.45) is 0 Å². The molecule has 0 aliphatic carbocycles. The fraction of sp³-hybridized carbons (Fsp3) is 0.857. The van der Waals surface area contributed by atoms with E-state index in [9.17, 15) is 9.59 Å². The summed E-state index contributed by atoms with van der Waals surface area (Å²) in [5, 5.41) is 0. The molecule has 19 heavy (non-hydrogen) atoms. The normalized spacial score (nSPS) is 29.4. The predicted octanol–water partition coefficient (Wildman–Crippen LogP) is 1.02. The summed E-state index contributed by atoms with van der Waals surface area (Å²) >= 11 is 0. The van der Waals surface area contributed by atoms with E-state index in [4.69, 9.17) is 4.74 Å². The van der Waals surface area contributed by atoms with E-state index in [1.54, 1.807) is 16.9 Å². The van der Waals surface area contributed by atoms with Gasteiger partial charge in [-0.25, -0.2) is 0 Å². The van der Waals surface area contributed by atoms with Crippen LogP contribution in [0.1, 0.15) is 39.5 Å². The van der Waals surface area contributed by atoms with Crippen LogP contribution in [0, 0.1) is 0 Å². The van der Waals surface area contributed by atoms with Crippen molar-refractivity contribution in [2.45, 2.75) is 57.7 Å². The van der Waals surface area contributed by atoms with Crippen LogP contribution in [0.25, 0.3) is 0 Å². The van der Waals surface area contributed by atoms with E-state index in [1.807, 2.05) is 13.8 Å². The highest BCUT2D eigenvalue weighted by Crippen LogP contribution is 2.28. The van der Waals surface area contributed by atoms with E-state index in [2.05, 4.69) is 0 Å². The highest BCUT2D eigenvalue weighted by Gasteiger charge is 2.46. The largest absolute Gasteiger partial charge is 0.383 e. The second-order valence-electron chi connectivity index (χ2n) is 5.48. The lowest BCUT2D eigenvalue weighted by Gasteiger charge is -2.48. The molecule has 3 unspecified atom stereocenters. The monoisotopic (exact) mass is 268 g/mol. The standard InChI is InChI=1S/C14H24N2O3/c1-4-11(9-19-3)16-10(2)13(17)15-8-6-5-7-12(15)14(16)18/h10-12H,4-9H2,1-3H3. The van der Waals surface area contributed by atoms with Crippen LogP contribution in [0.5, 0.6) is 0 Å². The summed E-state index contributed by atoms with van der Waals surface area (Å²) in [6, 6.07) is -0.592. The van der Waals surface area contributed by atoms with Gasteiger partial charge in [-0.1, -0.05) is 6.92 Å². The van der Waals surface area contributed by atoms with Crippen LogP contribution in [0.4, 0.5) is 0 Å². The number of methoxy groups -OCH3 is 1. The second kappa shape index (κ2) is 5.90. The van der Waals surface area contributed by atoms with E-state index in [0.29, 0.717) is 6.61 Å². The zero-order chi connectivity index (χ0) is 14.0. The van der Waals surface area contributed by atoms with Crippen LogP contribution in [0.15, 0.2) is 0 Å². The average molecular weight is 268 g/mol. The quantitative estimate of drug-likeness (QED) is 0.765. The summed E-state index contributed by atoms with van der Waals surface area (Å²) in [6.07, 6.45) is 3.65. The van der Waals surface area contributed by atoms with Crippen molar-refractivity contribution >= 4 is 11.8 Å². The van der Waals surface area contributed by atoms with E-state index in [0.717, 1.165) is 32.2 Å². The van der Waals surface area contributed by atoms with Crippen LogP contribution in [0.2, 0.25) is 0 Å². The first-order valence-corrected chi connectivity index (χ1v) is 7.23. The van der Waals surface area contributed by atoms with Crippen LogP contribution < -0.4 is 0 Å². The van der Waals surface area contributed by atoms with Gasteiger partial charge in [0, 0.05) is 13.7 Å². The van der Waals surface area contributed by atoms with Crippen molar-refractivity contribution in [1.82, 2.24) is 9.80 Å². The van der Waals surface area contributed by atoms with Gasteiger partial charge in [0.25, 0.3) is 0 Å². The molecule has 2 aliphatic rings. The fourth-order valence-corrected chi connectivity index (χ4v) is 3.26. The van der Waals surface area contributed by atoms with Crippen molar-refractivity contribution in [1.29, 1.82) is 0 Å². The Hall–Kier alpha value is -1.10. The number of carbonyl (C=O) groups is 2. The van der Waals surface area contributed by atoms with Crippen LogP contribution in [-0.2, 0) is 14.3 Å². The number of carbonyl (C=O) groups excluding carboxylic acids is 2. The topological polar surface area (TPSA) is 49.9 Å². The molecule has 0 saturated carbocycles. The molecule has 0 aromatic heterocycles. The number of amides is 2. The Balaban J connectivity index is 2.23. The molecule has 0 aromatic rings. The van der Waals surface area contributed by atoms with Crippen molar-refractivity contribution in [3.8, 4) is 0 Å². The number of rotatable bonds is 4. The highest BCUT2D eigenvalue weighted by molar-refractivity contribution is 5.97. The Bertz CT molecular complexity index is 359. The highest BCUT2D eigenvalue weighted by atomic mass is 16.5. The molecule has 108 valence electrons. The molecule has 0 bridgehead atoms. The average Bonchev–Trinajstić information content (AvgIpc) is 2.44. The number of fused-ring (bicyclic) bond motifs is 1. The van der Waals surface area contributed by atoms with E-state index < -0.39 is 0 Å². The Morgan fingerprint density at radius 1 is 1.32 bits per heavy atom. The number of piperazine rings is 1. The van der Waals surface area contributed by atoms with Gasteiger partial charge in [-0.15, -0.1) is 0 Å². The van der Waals surface area contributed by atoms with Crippen molar-refractivity contribution in [2.75, 3.05) is 20.3 Å². The maximum absolute atomic E-state index is 12.7. The first kappa shape index (κ1) is 14.3. The van der Waals surface area contributed by atoms with Crippen LogP contribution in [-0.4, -0.2) is 60.0 Å². The number of hydrogen-bond acceptors (Lipinski definition) is 3. The van der Waals surface area contributed by atoms with E-state index >= 15 is 0 Å². The molecule has 0 spiro atoms. The molecular weight excluding hydrogens is 244 g/mol. The molecule has 2 fully saturated rings. The fourth-order valence-electron chi connectivity index (χ4n) is 3.26. The Labute approximate surface area is 114 Å². The summed E-state index contributed by atoms with van der Waals surface area (Å²) in [7, 11) is 1.64. The minimum Gasteiger partial charge on any atom is -0.383 e. The molecule has 5 heteroatoms. The molecular formula is C14H24N2O3. The summed E-state index contributed by atoms with van der Waals surface area (Å²) < 4.78 is 5.20. The van der Waals surface area contributed by atoms with Gasteiger partial charge in [0.05, 0.1) is 12.6 Å². The van der Waals surface area contributed by atoms with E-state index in [1.165, 1.54) is 0 Å². The van der Waals surface area contributed by atoms with Gasteiger partial charge >= 0.3 is 0 Å². The smallest absolute Gasteiger partial charge is 0.246 e. The third-order valence-electron chi connectivity index (χ3n) is 4.32. The second-order valence-corrected chi connectivity index (χ2v) is 5.48. The minimum atomic E-state index is -0.359. The minimum absolute atomic E-state index is 0.000488. The summed E-state index contributed by atoms with van der Waals surface area (Å²) in [5.41, 5.74) is 0. The van der Waals surface area contributed by atoms with Gasteiger partial charge in [-0.2, -0.15) is 0 Å². The predicted molar refractivity (Wildman–Crippen MR) is 71.6 cm³/mol. The molecule has 5 nitrogen and oxygen atoms in total. The van der Waals surface area contributed by atoms with Gasteiger partial charge < -0.3 is 14.5 Å². The lowest BCUT2D eigenvalue weighted by atomic mass is 9.94. The maximum atomic E-state index is 12.7. The van der Waals surface area contributed by atoms with Crippen molar-refractivity contribution in [3.05, 3.63) is 0 Å². The zero-order valence-electron chi connectivity index (χ0n) is 12.1. The molecule has 2 amide bonds. The maximum Gasteiger partial charge on any atom is 0.246 e. The molecule has 3 atom stereocenters. The van der Waals surface area contributed by atoms with Crippen LogP contribution >= 0.6 is 0 Å². The van der Waals surface area contributed by atoms with Gasteiger partial charge in [-0.3, -0.25) is 9.59 Å². The van der Waals surface area contributed by atoms with Crippen molar-refractivity contribution in [3.63, 3.8) is 0 Å². The number of hydrogen-bond donors (Lipinski definition) is 0. The summed E-state index contributed by atoms with van der Waals surface area (Å²) in [4.78, 5) is 28.6. The molecule has 2 saturated heterocycles. The Morgan fingerprint density at radius 3 is 2.68 bits per heavy atom. The SMILES string of the molecule is CCC(COC)N1C(=O)C2CCCCN2C(=O)C1C. The lowest BCUT2D eigenvalue weighted by molar-refractivity contribution is -0.166. The molecule has 0 N–H and O–H groups in total. The summed E-state index contributed by atoms with van der Waals surface area (Å²) in [5.74, 6) is 0.203. The first-order chi connectivity index (χ1) is 9.11. The van der Waals surface area contributed by atoms with Gasteiger partial charge in [-0.05, 0) is 32.6 Å². The van der Waals surface area contributed by atoms with Crippen molar-refractivity contribution < 1.29 is 14.3 Å². The lowest BCUT2D eigenvalue weighted by Crippen LogP contribution is -2.67. The Kier molecular flexibility index (Phi) is 4.45. The van der Waals surface area contributed by atoms with Crippen LogP contribution in [0.3, 0.4) is 0 Å².